The number of pyridine rings is 1. The second-order valence-corrected chi connectivity index (χ2v) is 7.55. The fourth-order valence-electron chi connectivity index (χ4n) is 3.86. The third-order valence-electron chi connectivity index (χ3n) is 5.55. The van der Waals surface area contributed by atoms with Crippen LogP contribution in [-0.4, -0.2) is 48.6 Å². The first kappa shape index (κ1) is 19.0. The van der Waals surface area contributed by atoms with Crippen molar-refractivity contribution in [1.82, 2.24) is 29.6 Å². The zero-order valence-corrected chi connectivity index (χ0v) is 16.6. The van der Waals surface area contributed by atoms with Gasteiger partial charge in [0, 0.05) is 49.4 Å². The molecule has 3 aromatic rings. The molecule has 1 aliphatic rings. The number of carbonyl (C=O) groups excluding carboxylic acids is 1. The van der Waals surface area contributed by atoms with Crippen LogP contribution < -0.4 is 5.56 Å². The Morgan fingerprint density at radius 2 is 1.93 bits per heavy atom. The highest BCUT2D eigenvalue weighted by atomic mass is 16.2. The zero-order valence-electron chi connectivity index (χ0n) is 16.6. The van der Waals surface area contributed by atoms with Crippen LogP contribution in [0.15, 0.2) is 41.7 Å². The lowest BCUT2D eigenvalue weighted by Gasteiger charge is -2.32. The molecule has 0 unspecified atom stereocenters. The fraction of sp³-hybridized carbons (Fsp3) is 0.381. The maximum Gasteiger partial charge on any atom is 0.257 e. The number of nitrogens with one attached hydrogen (secondary N) is 1. The first-order chi connectivity index (χ1) is 14.0. The van der Waals surface area contributed by atoms with Gasteiger partial charge in [-0.1, -0.05) is 0 Å². The summed E-state index contributed by atoms with van der Waals surface area (Å²) in [6.45, 7) is 5.71. The molecule has 1 N–H and O–H groups in total. The molecule has 0 saturated carbocycles. The summed E-state index contributed by atoms with van der Waals surface area (Å²) in [4.78, 5) is 35.6. The molecular weight excluding hydrogens is 368 g/mol. The number of hydrogen-bond acceptors (Lipinski definition) is 5. The average molecular weight is 392 g/mol. The quantitative estimate of drug-likeness (QED) is 0.734. The standard InChI is InChI=1S/C21H24N6O2/c1-14-20(15(2)25-24-14)21(29)26-9-5-16(6-10-26)12-27-13-23-18(11-19(27)28)17-3-7-22-8-4-17/h3-4,7-8,11,13,16H,5-6,9-10,12H2,1-2H3,(H,24,25). The summed E-state index contributed by atoms with van der Waals surface area (Å²) in [5.41, 5.74) is 3.69. The van der Waals surface area contributed by atoms with E-state index in [1.54, 1.807) is 29.4 Å². The summed E-state index contributed by atoms with van der Waals surface area (Å²) < 4.78 is 1.66. The minimum Gasteiger partial charge on any atom is -0.339 e. The van der Waals surface area contributed by atoms with Crippen LogP contribution in [0.3, 0.4) is 0 Å². The van der Waals surface area contributed by atoms with Crippen molar-refractivity contribution in [3.63, 3.8) is 0 Å². The number of nitrogens with zero attached hydrogens (tertiary/aromatic N) is 5. The molecule has 1 fully saturated rings. The van der Waals surface area contributed by atoms with Crippen LogP contribution in [0.1, 0.15) is 34.6 Å². The Bertz CT molecular complexity index is 1040. The minimum absolute atomic E-state index is 0.0349. The van der Waals surface area contributed by atoms with Gasteiger partial charge in [-0.25, -0.2) is 4.98 Å². The van der Waals surface area contributed by atoms with Gasteiger partial charge in [0.15, 0.2) is 0 Å². The molecule has 0 aromatic carbocycles. The lowest BCUT2D eigenvalue weighted by molar-refractivity contribution is 0.0681. The molecule has 1 aliphatic heterocycles. The number of aryl methyl sites for hydroxylation is 2. The lowest BCUT2D eigenvalue weighted by Crippen LogP contribution is -2.40. The third kappa shape index (κ3) is 3.96. The summed E-state index contributed by atoms with van der Waals surface area (Å²) in [5.74, 6) is 0.379. The smallest absolute Gasteiger partial charge is 0.257 e. The fourth-order valence-corrected chi connectivity index (χ4v) is 3.86. The van der Waals surface area contributed by atoms with Gasteiger partial charge < -0.3 is 4.90 Å². The number of H-pyrrole nitrogens is 1. The molecule has 4 rings (SSSR count). The van der Waals surface area contributed by atoms with Gasteiger partial charge in [0.25, 0.3) is 11.5 Å². The predicted molar refractivity (Wildman–Crippen MR) is 108 cm³/mol. The van der Waals surface area contributed by atoms with Gasteiger partial charge in [-0.15, -0.1) is 0 Å². The van der Waals surface area contributed by atoms with Gasteiger partial charge in [-0.05, 0) is 44.7 Å². The van der Waals surface area contributed by atoms with Gasteiger partial charge in [0.2, 0.25) is 0 Å². The Balaban J connectivity index is 1.39. The molecule has 0 bridgehead atoms. The molecule has 8 heteroatoms. The Morgan fingerprint density at radius 3 is 2.55 bits per heavy atom. The highest BCUT2D eigenvalue weighted by Gasteiger charge is 2.27. The Hall–Kier alpha value is -3.29. The molecule has 0 spiro atoms. The van der Waals surface area contributed by atoms with Crippen LogP contribution in [0, 0.1) is 19.8 Å². The van der Waals surface area contributed by atoms with E-state index in [-0.39, 0.29) is 11.5 Å². The summed E-state index contributed by atoms with van der Waals surface area (Å²) >= 11 is 0. The van der Waals surface area contributed by atoms with Crippen molar-refractivity contribution in [1.29, 1.82) is 0 Å². The molecule has 8 nitrogen and oxygen atoms in total. The molecule has 4 heterocycles. The second kappa shape index (κ2) is 7.98. The Kier molecular flexibility index (Phi) is 5.24. The normalized spacial score (nSPS) is 14.9. The summed E-state index contributed by atoms with van der Waals surface area (Å²) in [6, 6.07) is 5.24. The number of likely N-dealkylation sites (tertiary alicyclic amines) is 1. The van der Waals surface area contributed by atoms with E-state index in [2.05, 4.69) is 20.2 Å². The summed E-state index contributed by atoms with van der Waals surface area (Å²) in [6.07, 6.45) is 6.71. The number of aromatic nitrogens is 5. The number of carbonyl (C=O) groups is 1. The first-order valence-electron chi connectivity index (χ1n) is 9.80. The van der Waals surface area contributed by atoms with Crippen molar-refractivity contribution in [2.24, 2.45) is 5.92 Å². The number of rotatable bonds is 4. The maximum atomic E-state index is 12.8. The molecule has 0 atom stereocenters. The van der Waals surface area contributed by atoms with Crippen molar-refractivity contribution < 1.29 is 4.79 Å². The topological polar surface area (TPSA) is 96.8 Å². The van der Waals surface area contributed by atoms with E-state index >= 15 is 0 Å². The lowest BCUT2D eigenvalue weighted by atomic mass is 9.96. The molecule has 150 valence electrons. The van der Waals surface area contributed by atoms with Gasteiger partial charge in [-0.2, -0.15) is 5.10 Å². The van der Waals surface area contributed by atoms with Crippen molar-refractivity contribution in [3.05, 3.63) is 64.2 Å². The highest BCUT2D eigenvalue weighted by molar-refractivity contribution is 5.96. The summed E-state index contributed by atoms with van der Waals surface area (Å²) in [7, 11) is 0. The number of aromatic amines is 1. The van der Waals surface area contributed by atoms with E-state index in [4.69, 9.17) is 0 Å². The van der Waals surface area contributed by atoms with Crippen molar-refractivity contribution in [2.45, 2.75) is 33.2 Å². The second-order valence-electron chi connectivity index (χ2n) is 7.55. The zero-order chi connectivity index (χ0) is 20.4. The molecule has 29 heavy (non-hydrogen) atoms. The van der Waals surface area contributed by atoms with Crippen molar-refractivity contribution in [2.75, 3.05) is 13.1 Å². The van der Waals surface area contributed by atoms with E-state index in [1.807, 2.05) is 30.9 Å². The van der Waals surface area contributed by atoms with Crippen LogP contribution in [0.4, 0.5) is 0 Å². The average Bonchev–Trinajstić information content (AvgIpc) is 3.08. The number of piperidine rings is 1. The molecule has 3 aromatic heterocycles. The number of amides is 1. The van der Waals surface area contributed by atoms with Gasteiger partial charge in [-0.3, -0.25) is 24.2 Å². The summed E-state index contributed by atoms with van der Waals surface area (Å²) in [5, 5.41) is 7.00. The van der Waals surface area contributed by atoms with Gasteiger partial charge in [0.1, 0.15) is 0 Å². The van der Waals surface area contributed by atoms with Gasteiger partial charge in [0.05, 0.1) is 23.3 Å². The Labute approximate surface area is 168 Å². The first-order valence-corrected chi connectivity index (χ1v) is 9.80. The largest absolute Gasteiger partial charge is 0.339 e. The van der Waals surface area contributed by atoms with E-state index < -0.39 is 0 Å². The van der Waals surface area contributed by atoms with E-state index in [0.29, 0.717) is 36.8 Å². The molecule has 1 amide bonds. The van der Waals surface area contributed by atoms with Crippen LogP contribution >= 0.6 is 0 Å². The SMILES string of the molecule is Cc1n[nH]c(C)c1C(=O)N1CCC(Cn2cnc(-c3ccncc3)cc2=O)CC1. The van der Waals surface area contributed by atoms with E-state index in [9.17, 15) is 9.59 Å². The van der Waals surface area contributed by atoms with E-state index in [1.165, 1.54) is 0 Å². The maximum absolute atomic E-state index is 12.8. The van der Waals surface area contributed by atoms with Crippen molar-refractivity contribution in [3.8, 4) is 11.3 Å². The third-order valence-corrected chi connectivity index (χ3v) is 5.55. The van der Waals surface area contributed by atoms with Gasteiger partial charge >= 0.3 is 0 Å². The molecular formula is C21H24N6O2. The van der Waals surface area contributed by atoms with E-state index in [0.717, 1.165) is 29.8 Å². The van der Waals surface area contributed by atoms with Crippen LogP contribution in [0.5, 0.6) is 0 Å². The molecule has 1 saturated heterocycles. The molecule has 0 radical (unpaired) electrons. The minimum atomic E-state index is -0.0602. The van der Waals surface area contributed by atoms with Crippen LogP contribution in [0.2, 0.25) is 0 Å². The highest BCUT2D eigenvalue weighted by Crippen LogP contribution is 2.22. The monoisotopic (exact) mass is 392 g/mol. The number of hydrogen-bond donors (Lipinski definition) is 1. The van der Waals surface area contributed by atoms with Crippen LogP contribution in [0.25, 0.3) is 11.3 Å². The van der Waals surface area contributed by atoms with Crippen molar-refractivity contribution >= 4 is 5.91 Å². The predicted octanol–water partition coefficient (Wildman–Crippen LogP) is 2.20. The van der Waals surface area contributed by atoms with Crippen LogP contribution in [-0.2, 0) is 6.54 Å². The molecule has 0 aliphatic carbocycles. The Morgan fingerprint density at radius 1 is 1.21 bits per heavy atom.